The van der Waals surface area contributed by atoms with E-state index in [9.17, 15) is 9.59 Å². The third-order valence-corrected chi connectivity index (χ3v) is 5.33. The maximum absolute atomic E-state index is 12.7. The van der Waals surface area contributed by atoms with Crippen LogP contribution in [0.2, 0.25) is 0 Å². The predicted octanol–water partition coefficient (Wildman–Crippen LogP) is 3.49. The summed E-state index contributed by atoms with van der Waals surface area (Å²) >= 11 is 0. The van der Waals surface area contributed by atoms with Crippen molar-refractivity contribution in [3.05, 3.63) is 65.2 Å². The van der Waals surface area contributed by atoms with Gasteiger partial charge in [-0.2, -0.15) is 0 Å². The highest BCUT2D eigenvalue weighted by Gasteiger charge is 2.23. The van der Waals surface area contributed by atoms with Crippen LogP contribution in [-0.2, 0) is 4.79 Å². The molecule has 5 heteroatoms. The summed E-state index contributed by atoms with van der Waals surface area (Å²) in [5.41, 5.74) is 2.93. The van der Waals surface area contributed by atoms with E-state index in [1.165, 1.54) is 0 Å². The number of carbonyl (C=O) groups excluding carboxylic acids is 2. The number of ether oxygens (including phenoxy) is 1. The SMILES string of the molecule is Cc1ccc(C)c(C(=O)CN2CCN(C(=O)CCCOc3ccccc3)CC2)c1. The van der Waals surface area contributed by atoms with Crippen LogP contribution in [0.4, 0.5) is 0 Å². The van der Waals surface area contributed by atoms with E-state index in [-0.39, 0.29) is 11.7 Å². The molecule has 0 aliphatic carbocycles. The molecule has 154 valence electrons. The molecule has 2 aromatic carbocycles. The Morgan fingerprint density at radius 3 is 2.41 bits per heavy atom. The van der Waals surface area contributed by atoms with E-state index in [4.69, 9.17) is 4.74 Å². The van der Waals surface area contributed by atoms with Gasteiger partial charge in [-0.3, -0.25) is 14.5 Å². The number of benzene rings is 2. The summed E-state index contributed by atoms with van der Waals surface area (Å²) in [6.07, 6.45) is 1.20. The summed E-state index contributed by atoms with van der Waals surface area (Å²) < 4.78 is 5.65. The van der Waals surface area contributed by atoms with Gasteiger partial charge in [-0.25, -0.2) is 0 Å². The molecule has 0 saturated carbocycles. The first-order valence-electron chi connectivity index (χ1n) is 10.3. The summed E-state index contributed by atoms with van der Waals surface area (Å²) in [6, 6.07) is 15.7. The van der Waals surface area contributed by atoms with Crippen LogP contribution in [-0.4, -0.2) is 60.8 Å². The number of hydrogen-bond acceptors (Lipinski definition) is 4. The van der Waals surface area contributed by atoms with Crippen LogP contribution in [0.15, 0.2) is 48.5 Å². The maximum atomic E-state index is 12.7. The fraction of sp³-hybridized carbons (Fsp3) is 0.417. The van der Waals surface area contributed by atoms with Gasteiger partial charge >= 0.3 is 0 Å². The van der Waals surface area contributed by atoms with Crippen LogP contribution >= 0.6 is 0 Å². The zero-order valence-corrected chi connectivity index (χ0v) is 17.4. The first-order valence-corrected chi connectivity index (χ1v) is 10.3. The molecule has 0 unspecified atom stereocenters. The number of amides is 1. The molecular formula is C24H30N2O3. The highest BCUT2D eigenvalue weighted by atomic mass is 16.5. The third kappa shape index (κ3) is 6.16. The molecule has 0 radical (unpaired) electrons. The first kappa shape index (κ1) is 21.1. The topological polar surface area (TPSA) is 49.9 Å². The fourth-order valence-corrected chi connectivity index (χ4v) is 3.57. The summed E-state index contributed by atoms with van der Waals surface area (Å²) in [4.78, 5) is 29.1. The number of piperazine rings is 1. The van der Waals surface area contributed by atoms with Gasteiger partial charge in [0, 0.05) is 38.2 Å². The Morgan fingerprint density at radius 2 is 1.69 bits per heavy atom. The molecule has 1 heterocycles. The molecule has 0 aromatic heterocycles. The van der Waals surface area contributed by atoms with Crippen molar-refractivity contribution in [3.63, 3.8) is 0 Å². The van der Waals surface area contributed by atoms with Gasteiger partial charge in [0.05, 0.1) is 13.2 Å². The van der Waals surface area contributed by atoms with E-state index >= 15 is 0 Å². The van der Waals surface area contributed by atoms with Gasteiger partial charge < -0.3 is 9.64 Å². The summed E-state index contributed by atoms with van der Waals surface area (Å²) in [6.45, 7) is 7.77. The van der Waals surface area contributed by atoms with Gasteiger partial charge in [0.1, 0.15) is 5.75 Å². The predicted molar refractivity (Wildman–Crippen MR) is 114 cm³/mol. The monoisotopic (exact) mass is 394 g/mol. The first-order chi connectivity index (χ1) is 14.0. The van der Waals surface area contributed by atoms with Crippen molar-refractivity contribution in [3.8, 4) is 5.75 Å². The standard InChI is InChI=1S/C24H30N2O3/c1-19-10-11-20(2)22(17-19)23(27)18-25-12-14-26(15-13-25)24(28)9-6-16-29-21-7-4-3-5-8-21/h3-5,7-8,10-11,17H,6,9,12-16,18H2,1-2H3. The van der Waals surface area contributed by atoms with E-state index in [1.54, 1.807) is 0 Å². The number of nitrogens with zero attached hydrogens (tertiary/aromatic N) is 2. The number of rotatable bonds is 8. The van der Waals surface area contributed by atoms with Crippen molar-refractivity contribution in [2.24, 2.45) is 0 Å². The normalized spacial score (nSPS) is 14.6. The lowest BCUT2D eigenvalue weighted by molar-refractivity contribution is -0.133. The van der Waals surface area contributed by atoms with E-state index in [1.807, 2.05) is 67.3 Å². The van der Waals surface area contributed by atoms with Crippen molar-refractivity contribution in [1.82, 2.24) is 9.80 Å². The van der Waals surface area contributed by atoms with E-state index in [0.29, 0.717) is 39.1 Å². The Bertz CT molecular complexity index is 827. The summed E-state index contributed by atoms with van der Waals surface area (Å²) in [5, 5.41) is 0. The Morgan fingerprint density at radius 1 is 0.966 bits per heavy atom. The molecule has 0 atom stereocenters. The molecule has 2 aromatic rings. The van der Waals surface area contributed by atoms with Crippen LogP contribution in [0, 0.1) is 13.8 Å². The summed E-state index contributed by atoms with van der Waals surface area (Å²) in [7, 11) is 0. The van der Waals surface area contributed by atoms with Gasteiger partial charge in [-0.15, -0.1) is 0 Å². The van der Waals surface area contributed by atoms with Gasteiger partial charge in [-0.05, 0) is 44.0 Å². The Labute approximate surface area is 173 Å². The van der Waals surface area contributed by atoms with Crippen molar-refractivity contribution in [2.75, 3.05) is 39.3 Å². The number of hydrogen-bond donors (Lipinski definition) is 0. The zero-order chi connectivity index (χ0) is 20.6. The minimum absolute atomic E-state index is 0.157. The van der Waals surface area contributed by atoms with Crippen LogP contribution in [0.1, 0.15) is 34.3 Å². The number of para-hydroxylation sites is 1. The zero-order valence-electron chi connectivity index (χ0n) is 17.4. The molecule has 29 heavy (non-hydrogen) atoms. The fourth-order valence-electron chi connectivity index (χ4n) is 3.57. The molecule has 3 rings (SSSR count). The highest BCUT2D eigenvalue weighted by Crippen LogP contribution is 2.14. The van der Waals surface area contributed by atoms with E-state index in [0.717, 1.165) is 35.5 Å². The van der Waals surface area contributed by atoms with E-state index < -0.39 is 0 Å². The molecule has 1 aliphatic heterocycles. The Hall–Kier alpha value is -2.66. The molecule has 0 bridgehead atoms. The van der Waals surface area contributed by atoms with Gasteiger partial charge in [-0.1, -0.05) is 35.9 Å². The molecule has 0 spiro atoms. The second kappa shape index (κ2) is 10.2. The van der Waals surface area contributed by atoms with Crippen LogP contribution in [0.25, 0.3) is 0 Å². The average molecular weight is 395 g/mol. The van der Waals surface area contributed by atoms with Crippen LogP contribution in [0.5, 0.6) is 5.75 Å². The van der Waals surface area contributed by atoms with Gasteiger partial charge in [0.25, 0.3) is 0 Å². The van der Waals surface area contributed by atoms with Crippen LogP contribution < -0.4 is 4.74 Å². The second-order valence-electron chi connectivity index (χ2n) is 7.66. The number of aryl methyl sites for hydroxylation is 2. The molecule has 5 nitrogen and oxygen atoms in total. The van der Waals surface area contributed by atoms with Crippen molar-refractivity contribution in [2.45, 2.75) is 26.7 Å². The lowest BCUT2D eigenvalue weighted by Gasteiger charge is -2.34. The maximum Gasteiger partial charge on any atom is 0.222 e. The van der Waals surface area contributed by atoms with Crippen molar-refractivity contribution >= 4 is 11.7 Å². The smallest absolute Gasteiger partial charge is 0.222 e. The lowest BCUT2D eigenvalue weighted by Crippen LogP contribution is -2.49. The van der Waals surface area contributed by atoms with Crippen LogP contribution in [0.3, 0.4) is 0 Å². The Kier molecular flexibility index (Phi) is 7.42. The van der Waals surface area contributed by atoms with Crippen molar-refractivity contribution < 1.29 is 14.3 Å². The van der Waals surface area contributed by atoms with Gasteiger partial charge in [0.15, 0.2) is 5.78 Å². The Balaban J connectivity index is 1.37. The number of carbonyl (C=O) groups is 2. The molecule has 1 aliphatic rings. The number of Topliss-reactive ketones (excluding diaryl/α,β-unsaturated/α-hetero) is 1. The molecule has 1 amide bonds. The quantitative estimate of drug-likeness (QED) is 0.508. The van der Waals surface area contributed by atoms with E-state index in [2.05, 4.69) is 4.90 Å². The van der Waals surface area contributed by atoms with Crippen molar-refractivity contribution in [1.29, 1.82) is 0 Å². The molecular weight excluding hydrogens is 364 g/mol. The molecule has 1 fully saturated rings. The lowest BCUT2D eigenvalue weighted by atomic mass is 10.0. The average Bonchev–Trinajstić information content (AvgIpc) is 2.74. The highest BCUT2D eigenvalue weighted by molar-refractivity contribution is 5.99. The number of ketones is 1. The second-order valence-corrected chi connectivity index (χ2v) is 7.66. The minimum Gasteiger partial charge on any atom is -0.494 e. The summed E-state index contributed by atoms with van der Waals surface area (Å²) in [5.74, 6) is 1.16. The molecule has 0 N–H and O–H groups in total. The third-order valence-electron chi connectivity index (χ3n) is 5.33. The van der Waals surface area contributed by atoms with Gasteiger partial charge in [0.2, 0.25) is 5.91 Å². The molecule has 1 saturated heterocycles. The minimum atomic E-state index is 0.157. The largest absolute Gasteiger partial charge is 0.494 e.